The molecule has 3 rings (SSSR count). The molecule has 0 unspecified atom stereocenters. The van der Waals surface area contributed by atoms with Crippen LogP contribution in [0.1, 0.15) is 165 Å². The van der Waals surface area contributed by atoms with Crippen LogP contribution >= 0.6 is 0 Å². The van der Waals surface area contributed by atoms with Crippen molar-refractivity contribution >= 4 is 0 Å². The van der Waals surface area contributed by atoms with E-state index >= 15 is 0 Å². The standard InChI is InChI=1S/C20H36.3C3H8.U.V.H2/c1-3-7-17(8-4-1)15-19-11-13-20(14-12-19)16-18-9-5-2-6-10-18;3*1-3-2;;;/h17-20H,1-16H2;3*3H2,1-2H3;;;1H/i;;;;;;1+2. The molecule has 0 bridgehead atoms. The fraction of sp³-hybridized carbons (Fsp3) is 1.00. The summed E-state index contributed by atoms with van der Waals surface area (Å²) < 4.78 is 0. The fourth-order valence-electron chi connectivity index (χ4n) is 5.49. The molecule has 0 spiro atoms. The summed E-state index contributed by atoms with van der Waals surface area (Å²) in [7, 11) is 0. The summed E-state index contributed by atoms with van der Waals surface area (Å²) in [6.45, 7) is 12.8. The van der Waals surface area contributed by atoms with Gasteiger partial charge in [-0.15, -0.1) is 0 Å². The third-order valence-electron chi connectivity index (χ3n) is 6.75. The van der Waals surface area contributed by atoms with Gasteiger partial charge in [-0.2, -0.15) is 0 Å². The zero-order chi connectivity index (χ0) is 21.7. The van der Waals surface area contributed by atoms with Crippen molar-refractivity contribution in [1.82, 2.24) is 0 Å². The van der Waals surface area contributed by atoms with Crippen LogP contribution in [0.4, 0.5) is 0 Å². The molecule has 0 saturated heterocycles. The summed E-state index contributed by atoms with van der Waals surface area (Å²) in [4.78, 5) is 0. The topological polar surface area (TPSA) is 0 Å². The van der Waals surface area contributed by atoms with Gasteiger partial charge in [0.25, 0.3) is 0 Å². The van der Waals surface area contributed by atoms with Crippen LogP contribution in [-0.2, 0) is 18.6 Å². The monoisotopic (exact) mass is 701 g/mol. The minimum absolute atomic E-state index is 0. The Hall–Kier alpha value is 1.64. The molecule has 0 aromatic rings. The van der Waals surface area contributed by atoms with Crippen LogP contribution in [0.25, 0.3) is 0 Å². The van der Waals surface area contributed by atoms with E-state index in [4.69, 9.17) is 0 Å². The first-order valence-electron chi connectivity index (χ1n) is 14.1. The molecule has 0 atom stereocenters. The van der Waals surface area contributed by atoms with Crippen molar-refractivity contribution in [3.05, 3.63) is 0 Å². The largest absolute Gasteiger partial charge is 0.0656 e. The van der Waals surface area contributed by atoms with Crippen molar-refractivity contribution in [1.29, 1.82) is 0 Å². The van der Waals surface area contributed by atoms with E-state index in [1.165, 1.54) is 57.8 Å². The SMILES string of the molecule is C1CCC(CC2CCC(CC3CCCCC3)CC2)CC1.CCC.CCC.CCC.[3HH].[U].[V]. The van der Waals surface area contributed by atoms with E-state index in [0.29, 0.717) is 0 Å². The summed E-state index contributed by atoms with van der Waals surface area (Å²) in [6.07, 6.45) is 28.6. The molecule has 187 valence electrons. The van der Waals surface area contributed by atoms with E-state index in [1.807, 2.05) is 0 Å². The van der Waals surface area contributed by atoms with Crippen molar-refractivity contribution in [3.8, 4) is 0 Å². The molecule has 0 aromatic heterocycles. The van der Waals surface area contributed by atoms with Crippen molar-refractivity contribution in [2.75, 3.05) is 0 Å². The molecule has 2 heteroatoms. The minimum atomic E-state index is 0. The Labute approximate surface area is 236 Å². The van der Waals surface area contributed by atoms with Gasteiger partial charge in [0.1, 0.15) is 0 Å². The van der Waals surface area contributed by atoms with Crippen LogP contribution in [0.5, 0.6) is 0 Å². The average molecular weight is 702 g/mol. The maximum atomic E-state index is 2.12. The van der Waals surface area contributed by atoms with E-state index in [9.17, 15) is 0 Å². The van der Waals surface area contributed by atoms with Gasteiger partial charge in [0, 0.05) is 51.1 Å². The first kappa shape index (κ1) is 37.2. The first-order chi connectivity index (χ1) is 14.1. The van der Waals surface area contributed by atoms with Crippen LogP contribution < -0.4 is 0 Å². The Balaban J connectivity index is -0.000000286. The Bertz CT molecular complexity index is 274. The second kappa shape index (κ2) is 27.9. The van der Waals surface area contributed by atoms with E-state index < -0.39 is 0 Å². The van der Waals surface area contributed by atoms with E-state index in [0.717, 1.165) is 23.7 Å². The third-order valence-corrected chi connectivity index (χ3v) is 6.75. The summed E-state index contributed by atoms with van der Waals surface area (Å²) >= 11 is 0. The van der Waals surface area contributed by atoms with Crippen molar-refractivity contribution < 1.29 is 51.1 Å². The zero-order valence-electron chi connectivity index (χ0n) is 22.7. The minimum Gasteiger partial charge on any atom is -0.0656 e. The zero-order valence-corrected chi connectivity index (χ0v) is 28.3. The van der Waals surface area contributed by atoms with E-state index in [1.54, 1.807) is 64.2 Å². The summed E-state index contributed by atoms with van der Waals surface area (Å²) in [6, 6.07) is 0. The second-order valence-corrected chi connectivity index (χ2v) is 10.5. The van der Waals surface area contributed by atoms with Crippen LogP contribution in [-0.4, -0.2) is 0 Å². The summed E-state index contributed by atoms with van der Waals surface area (Å²) in [5, 5.41) is 0. The van der Waals surface area contributed by atoms with Gasteiger partial charge >= 0.3 is 0 Å². The van der Waals surface area contributed by atoms with Crippen LogP contribution in [0.3, 0.4) is 0 Å². The second-order valence-electron chi connectivity index (χ2n) is 10.5. The van der Waals surface area contributed by atoms with Gasteiger partial charge in [-0.3, -0.25) is 0 Å². The van der Waals surface area contributed by atoms with Gasteiger partial charge in [-0.25, -0.2) is 0 Å². The average Bonchev–Trinajstić information content (AvgIpc) is 2.73. The quantitative estimate of drug-likeness (QED) is 0.274. The third kappa shape index (κ3) is 21.9. The molecule has 3 aliphatic carbocycles. The molecule has 0 amide bonds. The molecule has 0 N–H and O–H groups in total. The number of rotatable bonds is 4. The molecule has 31 heavy (non-hydrogen) atoms. The van der Waals surface area contributed by atoms with E-state index in [-0.39, 0.29) is 51.1 Å². The molecule has 3 saturated carbocycles. The molecule has 1 radical (unpaired) electrons. The van der Waals surface area contributed by atoms with Crippen molar-refractivity contribution in [3.63, 3.8) is 0 Å². The Kier molecular flexibility index (Phi) is 33.4. The number of hydrogen-bond donors (Lipinski definition) is 0. The smallest absolute Gasteiger partial charge is 0 e. The first-order valence-corrected chi connectivity index (χ1v) is 14.1. The van der Waals surface area contributed by atoms with Gasteiger partial charge in [-0.1, -0.05) is 151 Å². The van der Waals surface area contributed by atoms with Crippen LogP contribution in [0.2, 0.25) is 0 Å². The molecular weight excluding hydrogens is 637 g/mol. The maximum absolute atomic E-state index is 2.12. The summed E-state index contributed by atoms with van der Waals surface area (Å²) in [5.74, 6) is 4.45. The van der Waals surface area contributed by atoms with Gasteiger partial charge in [0.2, 0.25) is 0 Å². The normalized spacial score (nSPS) is 23.8. The molecule has 3 fully saturated rings. The van der Waals surface area contributed by atoms with Gasteiger partial charge in [0.15, 0.2) is 0 Å². The van der Waals surface area contributed by atoms with E-state index in [2.05, 4.69) is 41.5 Å². The van der Waals surface area contributed by atoms with Gasteiger partial charge in [0.05, 0.1) is 0 Å². The van der Waals surface area contributed by atoms with Gasteiger partial charge in [-0.05, 0) is 36.5 Å². The molecule has 0 nitrogen and oxygen atoms in total. The molecule has 0 aromatic carbocycles. The van der Waals surface area contributed by atoms with Crippen LogP contribution in [0, 0.1) is 54.8 Å². The van der Waals surface area contributed by atoms with Crippen molar-refractivity contribution in [2.24, 2.45) is 23.7 Å². The summed E-state index contributed by atoms with van der Waals surface area (Å²) in [5.41, 5.74) is 0. The molecule has 3 aliphatic rings. The Morgan fingerprint density at radius 2 is 0.613 bits per heavy atom. The molecule has 0 aliphatic heterocycles. The van der Waals surface area contributed by atoms with Crippen LogP contribution in [0.15, 0.2) is 0 Å². The van der Waals surface area contributed by atoms with Gasteiger partial charge < -0.3 is 0 Å². The number of hydrogen-bond acceptors (Lipinski definition) is 0. The maximum Gasteiger partial charge on any atom is 0 e. The molecular formula is C29H62UV. The van der Waals surface area contributed by atoms with Crippen molar-refractivity contribution in [2.45, 2.75) is 164 Å². The Morgan fingerprint density at radius 1 is 0.419 bits per heavy atom. The fourth-order valence-corrected chi connectivity index (χ4v) is 5.49. The predicted octanol–water partition coefficient (Wildman–Crippen LogP) is 11.2. The Morgan fingerprint density at radius 3 is 0.839 bits per heavy atom. The molecule has 0 heterocycles. The predicted molar refractivity (Wildman–Crippen MR) is 138 cm³/mol.